The number of carbonyl (C=O) groups excluding carboxylic acids is 2. The van der Waals surface area contributed by atoms with Gasteiger partial charge in [0.15, 0.2) is 11.5 Å². The fourth-order valence-electron chi connectivity index (χ4n) is 10.2. The lowest BCUT2D eigenvalue weighted by Crippen LogP contribution is -2.66. The summed E-state index contributed by atoms with van der Waals surface area (Å²) in [5.41, 5.74) is 0.0734. The van der Waals surface area contributed by atoms with Crippen LogP contribution in [0.5, 0.6) is 11.5 Å². The van der Waals surface area contributed by atoms with E-state index in [0.29, 0.717) is 44.8 Å². The Labute approximate surface area is 399 Å². The zero-order valence-electron chi connectivity index (χ0n) is 37.1. The molecule has 1 N–H and O–H groups in total. The molecule has 2 fully saturated rings. The second kappa shape index (κ2) is 18.7. The molecule has 0 radical (unpaired) electrons. The number of aromatic hydroxyl groups is 1. The maximum absolute atomic E-state index is 14.6. The lowest BCUT2D eigenvalue weighted by molar-refractivity contribution is -0.143. The van der Waals surface area contributed by atoms with E-state index < -0.39 is 78.2 Å². The molecule has 8 rings (SSSR count). The van der Waals surface area contributed by atoms with E-state index in [1.807, 2.05) is 126 Å². The smallest absolute Gasteiger partial charge is 0.416 e. The number of phenols is 1. The average molecular weight is 1050 g/mol. The van der Waals surface area contributed by atoms with Crippen LogP contribution in [-0.4, -0.2) is 51.7 Å². The molecule has 2 saturated heterocycles. The van der Waals surface area contributed by atoms with E-state index in [1.54, 1.807) is 6.07 Å². The molecule has 1 aliphatic carbocycles. The van der Waals surface area contributed by atoms with Gasteiger partial charge in [0.2, 0.25) is 11.8 Å². The SMILES string of the molecule is COc1cc(/C=C(/CC[C@H]2OC[C@H]3C2=C(CO[Si](c2ccccc2)(c2ccccc2)C(C)(C)C)C[C@H]2C(=O)N(c4cc(C(F)(F)F)cc(C(F)(F)F)c4)C(=O)[C@H]23)c2ccccc2)cc(I)c1O. The summed E-state index contributed by atoms with van der Waals surface area (Å²) in [6, 6.07) is 34.0. The highest BCUT2D eigenvalue weighted by Gasteiger charge is 2.58. The number of halogens is 7. The van der Waals surface area contributed by atoms with Gasteiger partial charge in [-0.05, 0) is 115 Å². The number of fused-ring (bicyclic) bond motifs is 3. The minimum absolute atomic E-state index is 0.00906. The first-order chi connectivity index (χ1) is 31.7. The average Bonchev–Trinajstić information content (AvgIpc) is 3.83. The Kier molecular flexibility index (Phi) is 13.5. The van der Waals surface area contributed by atoms with Crippen molar-refractivity contribution < 1.29 is 54.9 Å². The first-order valence-electron chi connectivity index (χ1n) is 21.8. The van der Waals surface area contributed by atoms with E-state index in [0.717, 1.165) is 32.6 Å². The van der Waals surface area contributed by atoms with Crippen LogP contribution in [0.3, 0.4) is 0 Å². The number of carbonyl (C=O) groups is 2. The first-order valence-corrected chi connectivity index (χ1v) is 24.8. The van der Waals surface area contributed by atoms with Gasteiger partial charge in [0.1, 0.15) is 0 Å². The standard InChI is InChI=1S/C52H48F6INO6Si/c1-50(2,3)67(38-16-10-6-11-17-38,39-18-12-7-13-19-39)66-29-34-25-40-46(49(63)60(48(40)62)37-27-35(51(53,54)55)26-36(28-37)52(56,57)58)41-30-65-43(45(34)41)21-20-33(32-14-8-5-9-15-32)22-31-23-42(59)47(61)44(24-31)64-4/h5-19,22-24,26-28,40-41,43,46,61H,20-21,25,29-30H2,1-4H3/b33-22-/t40-,41+,43-,46-/m1/s1. The first kappa shape index (κ1) is 48.2. The molecule has 0 bridgehead atoms. The Morgan fingerprint density at radius 2 is 1.37 bits per heavy atom. The van der Waals surface area contributed by atoms with Gasteiger partial charge in [-0.1, -0.05) is 118 Å². The predicted molar refractivity (Wildman–Crippen MR) is 255 cm³/mol. The van der Waals surface area contributed by atoms with Crippen LogP contribution in [0.2, 0.25) is 5.04 Å². The number of benzene rings is 5. The van der Waals surface area contributed by atoms with Crippen LogP contribution >= 0.6 is 22.6 Å². The molecule has 0 spiro atoms. The van der Waals surface area contributed by atoms with Crippen LogP contribution in [0, 0.1) is 21.3 Å². The molecule has 2 amide bonds. The number of phenolic OH excluding ortho intramolecular Hbond substituents is 1. The Bertz CT molecular complexity index is 2650. The molecule has 67 heavy (non-hydrogen) atoms. The lowest BCUT2D eigenvalue weighted by Gasteiger charge is -2.44. The van der Waals surface area contributed by atoms with Crippen LogP contribution < -0.4 is 20.0 Å². The van der Waals surface area contributed by atoms with Crippen molar-refractivity contribution in [1.82, 2.24) is 0 Å². The molecule has 5 aromatic carbocycles. The highest BCUT2D eigenvalue weighted by atomic mass is 127. The Hall–Kier alpha value is -5.23. The van der Waals surface area contributed by atoms with Crippen molar-refractivity contribution >= 4 is 70.4 Å². The number of anilines is 1. The predicted octanol–water partition coefficient (Wildman–Crippen LogP) is 11.5. The molecule has 0 saturated carbocycles. The molecule has 7 nitrogen and oxygen atoms in total. The van der Waals surface area contributed by atoms with E-state index in [9.17, 15) is 41.0 Å². The number of hydrogen-bond donors (Lipinski definition) is 1. The third-order valence-electron chi connectivity index (χ3n) is 13.2. The number of methoxy groups -OCH3 is 1. The van der Waals surface area contributed by atoms with Crippen molar-refractivity contribution in [2.75, 3.05) is 25.2 Å². The maximum Gasteiger partial charge on any atom is 0.416 e. The third kappa shape index (κ3) is 9.36. The second-order valence-electron chi connectivity index (χ2n) is 18.2. The number of alkyl halides is 6. The van der Waals surface area contributed by atoms with Crippen molar-refractivity contribution in [2.45, 2.75) is 63.5 Å². The number of ether oxygens (including phenoxy) is 2. The molecular formula is C52H48F6INO6Si. The van der Waals surface area contributed by atoms with E-state index in [-0.39, 0.29) is 31.5 Å². The number of hydrogen-bond acceptors (Lipinski definition) is 6. The number of amides is 2. The van der Waals surface area contributed by atoms with Crippen molar-refractivity contribution in [2.24, 2.45) is 17.8 Å². The largest absolute Gasteiger partial charge is 0.504 e. The maximum atomic E-state index is 14.6. The summed E-state index contributed by atoms with van der Waals surface area (Å²) >= 11 is 2.04. The molecule has 5 aromatic rings. The molecule has 350 valence electrons. The summed E-state index contributed by atoms with van der Waals surface area (Å²) in [7, 11) is -1.73. The molecule has 15 heteroatoms. The summed E-state index contributed by atoms with van der Waals surface area (Å²) in [6.45, 7) is 6.40. The van der Waals surface area contributed by atoms with E-state index in [4.69, 9.17) is 13.9 Å². The Morgan fingerprint density at radius 1 is 0.806 bits per heavy atom. The summed E-state index contributed by atoms with van der Waals surface area (Å²) in [6.07, 6.45) is -8.12. The fraction of sp³-hybridized carbons (Fsp3) is 0.308. The number of imide groups is 1. The highest BCUT2D eigenvalue weighted by Crippen LogP contribution is 2.52. The molecule has 3 aliphatic rings. The summed E-state index contributed by atoms with van der Waals surface area (Å²) in [4.78, 5) is 29.7. The quantitative estimate of drug-likeness (QED) is 0.0335. The molecular weight excluding hydrogens is 1000 g/mol. The van der Waals surface area contributed by atoms with Gasteiger partial charge in [-0.2, -0.15) is 26.3 Å². The summed E-state index contributed by atoms with van der Waals surface area (Å²) in [5, 5.41) is 12.1. The molecule has 2 heterocycles. The highest BCUT2D eigenvalue weighted by molar-refractivity contribution is 14.1. The Morgan fingerprint density at radius 3 is 1.91 bits per heavy atom. The molecule has 2 aliphatic heterocycles. The molecule has 0 aromatic heterocycles. The number of allylic oxidation sites excluding steroid dienone is 1. The zero-order chi connectivity index (χ0) is 48.1. The van der Waals surface area contributed by atoms with Gasteiger partial charge >= 0.3 is 12.4 Å². The summed E-state index contributed by atoms with van der Waals surface area (Å²) in [5.74, 6) is -4.34. The van der Waals surface area contributed by atoms with Gasteiger partial charge in [-0.3, -0.25) is 9.59 Å². The van der Waals surface area contributed by atoms with E-state index in [2.05, 4.69) is 20.8 Å². The normalized spacial score (nSPS) is 20.3. The fourth-order valence-corrected chi connectivity index (χ4v) is 15.3. The van der Waals surface area contributed by atoms with E-state index >= 15 is 0 Å². The van der Waals surface area contributed by atoms with Crippen LogP contribution in [0.1, 0.15) is 62.3 Å². The van der Waals surface area contributed by atoms with Gasteiger partial charge in [-0.15, -0.1) is 0 Å². The van der Waals surface area contributed by atoms with Crippen molar-refractivity contribution in [3.8, 4) is 11.5 Å². The van der Waals surface area contributed by atoms with Gasteiger partial charge in [-0.25, -0.2) is 4.90 Å². The van der Waals surface area contributed by atoms with Gasteiger partial charge in [0.05, 0.1) is 58.6 Å². The minimum atomic E-state index is -5.19. The van der Waals surface area contributed by atoms with Crippen molar-refractivity contribution in [3.63, 3.8) is 0 Å². The topological polar surface area (TPSA) is 85.3 Å². The second-order valence-corrected chi connectivity index (χ2v) is 23.6. The van der Waals surface area contributed by atoms with Crippen molar-refractivity contribution in [1.29, 1.82) is 0 Å². The van der Waals surface area contributed by atoms with Gasteiger partial charge in [0, 0.05) is 5.92 Å². The van der Waals surface area contributed by atoms with Crippen LogP contribution in [-0.2, 0) is 31.1 Å². The zero-order valence-corrected chi connectivity index (χ0v) is 40.2. The summed E-state index contributed by atoms with van der Waals surface area (Å²) < 4.78 is 105. The van der Waals surface area contributed by atoms with Gasteiger partial charge < -0.3 is 19.0 Å². The van der Waals surface area contributed by atoms with Crippen molar-refractivity contribution in [3.05, 3.63) is 158 Å². The monoisotopic (exact) mass is 1050 g/mol. The Balaban J connectivity index is 1.22. The van der Waals surface area contributed by atoms with Crippen LogP contribution in [0.4, 0.5) is 32.0 Å². The lowest BCUT2D eigenvalue weighted by atomic mass is 9.69. The van der Waals surface area contributed by atoms with E-state index in [1.165, 1.54) is 7.11 Å². The van der Waals surface area contributed by atoms with Crippen LogP contribution in [0.15, 0.2) is 132 Å². The number of rotatable bonds is 12. The third-order valence-corrected chi connectivity index (χ3v) is 19.0. The molecule has 0 unspecified atom stereocenters. The number of nitrogens with zero attached hydrogens (tertiary/aromatic N) is 1. The van der Waals surface area contributed by atoms with Crippen LogP contribution in [0.25, 0.3) is 11.6 Å². The molecule has 4 atom stereocenters. The van der Waals surface area contributed by atoms with Gasteiger partial charge in [0.25, 0.3) is 8.32 Å². The minimum Gasteiger partial charge on any atom is -0.504 e.